The van der Waals surface area contributed by atoms with Crippen molar-refractivity contribution in [2.75, 3.05) is 5.88 Å². The highest BCUT2D eigenvalue weighted by molar-refractivity contribution is 6.30. The van der Waals surface area contributed by atoms with Crippen molar-refractivity contribution in [3.05, 3.63) is 11.6 Å². The summed E-state index contributed by atoms with van der Waals surface area (Å²) in [5.74, 6) is 0.408. The molecule has 0 saturated heterocycles. The molecule has 0 radical (unpaired) electrons. The number of allylic oxidation sites excluding steroid dienone is 1. The van der Waals surface area contributed by atoms with E-state index in [2.05, 4.69) is 0 Å². The van der Waals surface area contributed by atoms with Crippen LogP contribution >= 0.6 is 34.8 Å². The minimum absolute atomic E-state index is 0.126. The maximum Gasteiger partial charge on any atom is 0.0662 e. The molecule has 1 unspecified atom stereocenters. The van der Waals surface area contributed by atoms with Gasteiger partial charge in [0.05, 0.1) is 5.38 Å². The molecule has 0 aromatic rings. The molecule has 0 amide bonds. The largest absolute Gasteiger partial charge is 0.125 e. The Morgan fingerprint density at radius 3 is 2.29 bits per heavy atom. The molecule has 3 heteroatoms. The Bertz CT molecular complexity index is 60.0. The number of hydrogen-bond donors (Lipinski definition) is 0. The predicted molar refractivity (Wildman–Crippen MR) is 35.4 cm³/mol. The first-order valence-electron chi connectivity index (χ1n) is 1.78. The molecule has 0 aliphatic rings. The molecule has 0 bridgehead atoms. The topological polar surface area (TPSA) is 0 Å². The van der Waals surface area contributed by atoms with Crippen molar-refractivity contribution in [3.8, 4) is 0 Å². The van der Waals surface area contributed by atoms with Gasteiger partial charge in [-0.3, -0.25) is 0 Å². The van der Waals surface area contributed by atoms with Gasteiger partial charge in [-0.15, -0.1) is 23.2 Å². The third-order valence-corrected chi connectivity index (χ3v) is 1.36. The normalized spacial score (nSPS) is 15.3. The standard InChI is InChI=1S/C4H5Cl3/c5-2-1-4(7)3-6/h1-2,4H,3H2/b2-1+. The van der Waals surface area contributed by atoms with Crippen LogP contribution in [0.4, 0.5) is 0 Å². The van der Waals surface area contributed by atoms with Crippen molar-refractivity contribution in [2.45, 2.75) is 5.38 Å². The quantitative estimate of drug-likeness (QED) is 0.543. The van der Waals surface area contributed by atoms with Crippen LogP contribution < -0.4 is 0 Å². The average molecular weight is 159 g/mol. The Morgan fingerprint density at radius 1 is 1.57 bits per heavy atom. The molecule has 1 atom stereocenters. The van der Waals surface area contributed by atoms with Gasteiger partial charge < -0.3 is 0 Å². The molecular weight excluding hydrogens is 154 g/mol. The van der Waals surface area contributed by atoms with Gasteiger partial charge in [0.1, 0.15) is 0 Å². The van der Waals surface area contributed by atoms with Crippen molar-refractivity contribution < 1.29 is 0 Å². The van der Waals surface area contributed by atoms with Crippen LogP contribution in [0, 0.1) is 0 Å². The van der Waals surface area contributed by atoms with Crippen LogP contribution in [0.1, 0.15) is 0 Å². The van der Waals surface area contributed by atoms with E-state index in [0.717, 1.165) is 0 Å². The summed E-state index contributed by atoms with van der Waals surface area (Å²) in [5.41, 5.74) is 1.36. The highest BCUT2D eigenvalue weighted by Gasteiger charge is 1.91. The molecule has 0 aliphatic carbocycles. The molecule has 7 heavy (non-hydrogen) atoms. The lowest BCUT2D eigenvalue weighted by molar-refractivity contribution is 1.25. The minimum Gasteiger partial charge on any atom is -0.125 e. The molecule has 42 valence electrons. The van der Waals surface area contributed by atoms with Gasteiger partial charge in [-0.25, -0.2) is 0 Å². The van der Waals surface area contributed by atoms with E-state index >= 15 is 0 Å². The van der Waals surface area contributed by atoms with Crippen LogP contribution in [0.2, 0.25) is 0 Å². The summed E-state index contributed by atoms with van der Waals surface area (Å²) in [6, 6.07) is 0. The zero-order chi connectivity index (χ0) is 5.70. The van der Waals surface area contributed by atoms with Gasteiger partial charge in [0.25, 0.3) is 0 Å². The van der Waals surface area contributed by atoms with E-state index in [0.29, 0.717) is 5.88 Å². The minimum atomic E-state index is -0.126. The van der Waals surface area contributed by atoms with Gasteiger partial charge in [0.2, 0.25) is 0 Å². The molecule has 0 rings (SSSR count). The molecule has 0 N–H and O–H groups in total. The fourth-order valence-corrected chi connectivity index (χ4v) is 0.556. The third-order valence-electron chi connectivity index (χ3n) is 0.429. The second kappa shape index (κ2) is 4.76. The third kappa shape index (κ3) is 4.46. The van der Waals surface area contributed by atoms with Gasteiger partial charge in [-0.2, -0.15) is 0 Å². The summed E-state index contributed by atoms with van der Waals surface area (Å²) in [6.45, 7) is 0. The molecule has 0 fully saturated rings. The van der Waals surface area contributed by atoms with Crippen LogP contribution in [0.5, 0.6) is 0 Å². The highest BCUT2D eigenvalue weighted by Crippen LogP contribution is 2.00. The van der Waals surface area contributed by atoms with Crippen molar-refractivity contribution in [3.63, 3.8) is 0 Å². The lowest BCUT2D eigenvalue weighted by Gasteiger charge is -1.90. The van der Waals surface area contributed by atoms with Crippen LogP contribution in [0.15, 0.2) is 11.6 Å². The first-order valence-corrected chi connectivity index (χ1v) is 3.19. The number of rotatable bonds is 2. The van der Waals surface area contributed by atoms with Gasteiger partial charge in [-0.05, 0) is 0 Å². The highest BCUT2D eigenvalue weighted by atomic mass is 35.5. The molecule has 0 aromatic heterocycles. The van der Waals surface area contributed by atoms with E-state index in [1.165, 1.54) is 5.54 Å². The number of hydrogen-bond acceptors (Lipinski definition) is 0. The maximum atomic E-state index is 5.46. The molecule has 0 aliphatic heterocycles. The SMILES string of the molecule is Cl/C=C/C(Cl)CCl. The summed E-state index contributed by atoms with van der Waals surface area (Å²) in [4.78, 5) is 0. The van der Waals surface area contributed by atoms with E-state index in [1.807, 2.05) is 0 Å². The Kier molecular flexibility index (Phi) is 5.18. The first kappa shape index (κ1) is 7.61. The smallest absolute Gasteiger partial charge is 0.0662 e. The Hall–Kier alpha value is 0.610. The van der Waals surface area contributed by atoms with Crippen molar-refractivity contribution in [1.29, 1.82) is 0 Å². The van der Waals surface area contributed by atoms with Crippen LogP contribution in [0.25, 0.3) is 0 Å². The summed E-state index contributed by atoms with van der Waals surface area (Å²) >= 11 is 15.9. The van der Waals surface area contributed by atoms with Gasteiger partial charge in [-0.1, -0.05) is 17.7 Å². The van der Waals surface area contributed by atoms with E-state index < -0.39 is 0 Å². The fraction of sp³-hybridized carbons (Fsp3) is 0.500. The van der Waals surface area contributed by atoms with E-state index in [4.69, 9.17) is 34.8 Å². The van der Waals surface area contributed by atoms with E-state index in [1.54, 1.807) is 6.08 Å². The summed E-state index contributed by atoms with van der Waals surface area (Å²) in [6.07, 6.45) is 1.62. The molecular formula is C4H5Cl3. The molecule has 0 aromatic carbocycles. The Morgan fingerprint density at radius 2 is 2.14 bits per heavy atom. The molecule has 0 heterocycles. The van der Waals surface area contributed by atoms with Crippen molar-refractivity contribution in [2.24, 2.45) is 0 Å². The van der Waals surface area contributed by atoms with Gasteiger partial charge >= 0.3 is 0 Å². The fourth-order valence-electron chi connectivity index (χ4n) is 0.130. The summed E-state index contributed by atoms with van der Waals surface area (Å²) in [7, 11) is 0. The summed E-state index contributed by atoms with van der Waals surface area (Å²) < 4.78 is 0. The zero-order valence-electron chi connectivity index (χ0n) is 3.57. The monoisotopic (exact) mass is 158 g/mol. The van der Waals surface area contributed by atoms with Crippen LogP contribution in [-0.2, 0) is 0 Å². The number of alkyl halides is 2. The Balaban J connectivity index is 3.16. The molecule has 0 spiro atoms. The second-order valence-electron chi connectivity index (χ2n) is 0.989. The van der Waals surface area contributed by atoms with Gasteiger partial charge in [0, 0.05) is 11.4 Å². The van der Waals surface area contributed by atoms with Crippen LogP contribution in [-0.4, -0.2) is 11.3 Å². The van der Waals surface area contributed by atoms with E-state index in [-0.39, 0.29) is 5.38 Å². The summed E-state index contributed by atoms with van der Waals surface area (Å²) in [5, 5.41) is -0.126. The second-order valence-corrected chi connectivity index (χ2v) is 2.11. The first-order chi connectivity index (χ1) is 3.31. The van der Waals surface area contributed by atoms with E-state index in [9.17, 15) is 0 Å². The zero-order valence-corrected chi connectivity index (χ0v) is 5.84. The molecule has 0 nitrogen and oxygen atoms in total. The van der Waals surface area contributed by atoms with Crippen molar-refractivity contribution >= 4 is 34.8 Å². The predicted octanol–water partition coefficient (Wildman–Crippen LogP) is 2.59. The lowest BCUT2D eigenvalue weighted by atomic mass is 10.5. The molecule has 0 saturated carbocycles. The Labute approximate surface area is 58.1 Å². The van der Waals surface area contributed by atoms with Crippen molar-refractivity contribution in [1.82, 2.24) is 0 Å². The lowest BCUT2D eigenvalue weighted by Crippen LogP contribution is -1.91. The number of halogens is 3. The van der Waals surface area contributed by atoms with Gasteiger partial charge in [0.15, 0.2) is 0 Å². The maximum absolute atomic E-state index is 5.46. The average Bonchev–Trinajstić information content (AvgIpc) is 1.68. The van der Waals surface area contributed by atoms with Crippen LogP contribution in [0.3, 0.4) is 0 Å².